The summed E-state index contributed by atoms with van der Waals surface area (Å²) in [6, 6.07) is 8.30. The Balaban J connectivity index is 1.86. The molecule has 1 aliphatic heterocycles. The molecule has 0 spiro atoms. The van der Waals surface area contributed by atoms with Crippen molar-refractivity contribution >= 4 is 28.4 Å². The van der Waals surface area contributed by atoms with Crippen molar-refractivity contribution in [1.82, 2.24) is 15.1 Å². The normalized spacial score (nSPS) is 19.2. The van der Waals surface area contributed by atoms with E-state index in [1.807, 2.05) is 29.2 Å². The number of rotatable bonds is 3. The van der Waals surface area contributed by atoms with Gasteiger partial charge in [-0.3, -0.25) is 4.79 Å². The van der Waals surface area contributed by atoms with Crippen molar-refractivity contribution in [2.45, 2.75) is 36.6 Å². The van der Waals surface area contributed by atoms with Crippen LogP contribution in [0, 0.1) is 0 Å². The molecule has 104 valence electrons. The van der Waals surface area contributed by atoms with Gasteiger partial charge in [0.25, 0.3) is 0 Å². The standard InChI is InChI=1S/C15H17N3OS/c1-10(2)18-8-7-13(15(18)19)20-14-12-6-4-3-5-11(12)9-16-17-14/h3-6,9-10,13H,7-8H2,1-2H3/t13-/m0/s1. The molecule has 1 saturated heterocycles. The van der Waals surface area contributed by atoms with E-state index < -0.39 is 0 Å². The number of aromatic nitrogens is 2. The first kappa shape index (κ1) is 13.4. The number of hydrogen-bond acceptors (Lipinski definition) is 4. The van der Waals surface area contributed by atoms with Crippen LogP contribution in [0.4, 0.5) is 0 Å². The van der Waals surface area contributed by atoms with Crippen molar-refractivity contribution in [2.75, 3.05) is 6.54 Å². The van der Waals surface area contributed by atoms with Gasteiger partial charge in [0.2, 0.25) is 5.91 Å². The summed E-state index contributed by atoms with van der Waals surface area (Å²) in [7, 11) is 0. The van der Waals surface area contributed by atoms with Crippen molar-refractivity contribution in [3.8, 4) is 0 Å². The summed E-state index contributed by atoms with van der Waals surface area (Å²) >= 11 is 1.55. The number of likely N-dealkylation sites (tertiary alicyclic amines) is 1. The molecule has 0 radical (unpaired) electrons. The van der Waals surface area contributed by atoms with E-state index in [9.17, 15) is 4.79 Å². The third-order valence-corrected chi connectivity index (χ3v) is 4.85. The summed E-state index contributed by atoms with van der Waals surface area (Å²) in [5.41, 5.74) is 0. The fourth-order valence-electron chi connectivity index (χ4n) is 2.52. The number of hydrogen-bond donors (Lipinski definition) is 0. The summed E-state index contributed by atoms with van der Waals surface area (Å²) in [5, 5.41) is 11.2. The summed E-state index contributed by atoms with van der Waals surface area (Å²) in [5.74, 6) is 0.222. The van der Waals surface area contributed by atoms with Crippen molar-refractivity contribution < 1.29 is 4.79 Å². The lowest BCUT2D eigenvalue weighted by molar-refractivity contribution is -0.128. The summed E-state index contributed by atoms with van der Waals surface area (Å²) in [6.45, 7) is 4.96. The second-order valence-corrected chi connectivity index (χ2v) is 6.45. The fourth-order valence-corrected chi connectivity index (χ4v) is 3.66. The van der Waals surface area contributed by atoms with Crippen LogP contribution in [0.2, 0.25) is 0 Å². The second-order valence-electron chi connectivity index (χ2n) is 5.26. The highest BCUT2D eigenvalue weighted by Gasteiger charge is 2.34. The number of benzene rings is 1. The molecule has 2 aromatic rings. The van der Waals surface area contributed by atoms with Gasteiger partial charge in [0.1, 0.15) is 5.03 Å². The van der Waals surface area contributed by atoms with Gasteiger partial charge in [-0.05, 0) is 20.3 Å². The van der Waals surface area contributed by atoms with Crippen molar-refractivity contribution in [3.63, 3.8) is 0 Å². The summed E-state index contributed by atoms with van der Waals surface area (Å²) in [4.78, 5) is 14.3. The first-order valence-corrected chi connectivity index (χ1v) is 7.72. The van der Waals surface area contributed by atoms with E-state index in [-0.39, 0.29) is 17.2 Å². The molecule has 1 aromatic heterocycles. The van der Waals surface area contributed by atoms with Crippen LogP contribution in [0.1, 0.15) is 20.3 Å². The topological polar surface area (TPSA) is 46.1 Å². The Bertz CT molecular complexity index is 639. The molecule has 1 amide bonds. The Morgan fingerprint density at radius 2 is 2.15 bits per heavy atom. The third kappa shape index (κ3) is 2.38. The monoisotopic (exact) mass is 287 g/mol. The summed E-state index contributed by atoms with van der Waals surface area (Å²) < 4.78 is 0. The quantitative estimate of drug-likeness (QED) is 0.871. The van der Waals surface area contributed by atoms with Crippen LogP contribution in [0.15, 0.2) is 35.5 Å². The molecular formula is C15H17N3OS. The van der Waals surface area contributed by atoms with Crippen LogP contribution >= 0.6 is 11.8 Å². The van der Waals surface area contributed by atoms with Crippen LogP contribution < -0.4 is 0 Å². The highest BCUT2D eigenvalue weighted by molar-refractivity contribution is 8.00. The maximum absolute atomic E-state index is 12.3. The molecule has 1 fully saturated rings. The maximum atomic E-state index is 12.3. The number of thioether (sulfide) groups is 1. The Hall–Kier alpha value is -1.62. The molecule has 0 N–H and O–H groups in total. The zero-order chi connectivity index (χ0) is 14.1. The first-order valence-electron chi connectivity index (χ1n) is 6.84. The van der Waals surface area contributed by atoms with Gasteiger partial charge in [-0.25, -0.2) is 0 Å². The lowest BCUT2D eigenvalue weighted by atomic mass is 10.2. The van der Waals surface area contributed by atoms with Gasteiger partial charge in [-0.1, -0.05) is 36.0 Å². The van der Waals surface area contributed by atoms with Crippen LogP contribution in [0.25, 0.3) is 10.8 Å². The molecular weight excluding hydrogens is 270 g/mol. The SMILES string of the molecule is CC(C)N1CC[C@H](Sc2nncc3ccccc23)C1=O. The molecule has 2 heterocycles. The van der Waals surface area contributed by atoms with E-state index in [1.54, 1.807) is 18.0 Å². The first-order chi connectivity index (χ1) is 9.66. The molecule has 1 atom stereocenters. The molecule has 1 aliphatic rings. The van der Waals surface area contributed by atoms with E-state index in [1.165, 1.54) is 0 Å². The minimum atomic E-state index is -0.0301. The predicted molar refractivity (Wildman–Crippen MR) is 80.6 cm³/mol. The highest BCUT2D eigenvalue weighted by Crippen LogP contribution is 2.33. The van der Waals surface area contributed by atoms with Crippen molar-refractivity contribution in [1.29, 1.82) is 0 Å². The van der Waals surface area contributed by atoms with Crippen LogP contribution in [-0.4, -0.2) is 38.8 Å². The fraction of sp³-hybridized carbons (Fsp3) is 0.400. The van der Waals surface area contributed by atoms with Crippen molar-refractivity contribution in [3.05, 3.63) is 30.5 Å². The third-order valence-electron chi connectivity index (χ3n) is 3.60. The van der Waals surface area contributed by atoms with Gasteiger partial charge in [-0.15, -0.1) is 5.10 Å². The largest absolute Gasteiger partial charge is 0.339 e. The smallest absolute Gasteiger partial charge is 0.236 e. The number of nitrogens with zero attached hydrogens (tertiary/aromatic N) is 3. The van der Waals surface area contributed by atoms with Crippen LogP contribution in [0.3, 0.4) is 0 Å². The van der Waals surface area contributed by atoms with E-state index in [4.69, 9.17) is 0 Å². The minimum Gasteiger partial charge on any atom is -0.339 e. The molecule has 0 bridgehead atoms. The molecule has 0 aliphatic carbocycles. The van der Waals surface area contributed by atoms with Crippen LogP contribution in [-0.2, 0) is 4.79 Å². The van der Waals surface area contributed by atoms with Gasteiger partial charge >= 0.3 is 0 Å². The van der Waals surface area contributed by atoms with E-state index in [0.29, 0.717) is 0 Å². The lowest BCUT2D eigenvalue weighted by Crippen LogP contribution is -2.34. The second kappa shape index (κ2) is 5.40. The number of carbonyl (C=O) groups is 1. The molecule has 3 rings (SSSR count). The van der Waals surface area contributed by atoms with Gasteiger partial charge in [0.05, 0.1) is 11.4 Å². The van der Waals surface area contributed by atoms with Crippen molar-refractivity contribution in [2.24, 2.45) is 0 Å². The predicted octanol–water partition coefficient (Wildman–Crippen LogP) is 2.73. The average Bonchev–Trinajstić information content (AvgIpc) is 2.81. The van der Waals surface area contributed by atoms with Crippen LogP contribution in [0.5, 0.6) is 0 Å². The number of carbonyl (C=O) groups excluding carboxylic acids is 1. The number of fused-ring (bicyclic) bond motifs is 1. The Morgan fingerprint density at radius 3 is 2.90 bits per heavy atom. The molecule has 20 heavy (non-hydrogen) atoms. The average molecular weight is 287 g/mol. The molecule has 0 unspecified atom stereocenters. The molecule has 5 heteroatoms. The van der Waals surface area contributed by atoms with E-state index in [0.717, 1.165) is 28.8 Å². The zero-order valence-corrected chi connectivity index (χ0v) is 12.4. The maximum Gasteiger partial charge on any atom is 0.236 e. The molecule has 4 nitrogen and oxygen atoms in total. The zero-order valence-electron chi connectivity index (χ0n) is 11.6. The Labute approximate surface area is 122 Å². The van der Waals surface area contributed by atoms with Gasteiger partial charge in [0, 0.05) is 23.4 Å². The van der Waals surface area contributed by atoms with Gasteiger partial charge < -0.3 is 4.90 Å². The van der Waals surface area contributed by atoms with Gasteiger partial charge in [0.15, 0.2) is 0 Å². The highest BCUT2D eigenvalue weighted by atomic mass is 32.2. The Morgan fingerprint density at radius 1 is 1.35 bits per heavy atom. The Kier molecular flexibility index (Phi) is 3.61. The lowest BCUT2D eigenvalue weighted by Gasteiger charge is -2.20. The van der Waals surface area contributed by atoms with Gasteiger partial charge in [-0.2, -0.15) is 5.10 Å². The number of amides is 1. The minimum absolute atomic E-state index is 0.0301. The summed E-state index contributed by atoms with van der Waals surface area (Å²) in [6.07, 6.45) is 2.64. The van der Waals surface area contributed by atoms with E-state index in [2.05, 4.69) is 24.0 Å². The van der Waals surface area contributed by atoms with E-state index >= 15 is 0 Å². The molecule has 1 aromatic carbocycles. The molecule has 0 saturated carbocycles.